The summed E-state index contributed by atoms with van der Waals surface area (Å²) in [6.45, 7) is 2.66. The molecule has 22 heavy (non-hydrogen) atoms. The van der Waals surface area contributed by atoms with Gasteiger partial charge in [-0.25, -0.2) is 8.42 Å². The molecule has 1 aromatic rings. The van der Waals surface area contributed by atoms with Crippen molar-refractivity contribution in [3.05, 3.63) is 18.2 Å². The van der Waals surface area contributed by atoms with Gasteiger partial charge in [0.2, 0.25) is 10.0 Å². The average Bonchev–Trinajstić information content (AvgIpc) is 2.86. The van der Waals surface area contributed by atoms with Gasteiger partial charge in [-0.05, 0) is 31.0 Å². The normalized spacial score (nSPS) is 22.0. The smallest absolute Gasteiger partial charge is 0.243 e. The van der Waals surface area contributed by atoms with E-state index in [9.17, 15) is 8.42 Å². The molecule has 1 aromatic carbocycles. The van der Waals surface area contributed by atoms with Gasteiger partial charge in [-0.15, -0.1) is 12.4 Å². The Bertz CT molecular complexity index is 623. The van der Waals surface area contributed by atoms with Crippen molar-refractivity contribution in [1.82, 2.24) is 4.31 Å². The van der Waals surface area contributed by atoms with Crippen LogP contribution in [0.5, 0.6) is 11.5 Å². The number of halogens is 1. The molecule has 2 aliphatic heterocycles. The zero-order valence-electron chi connectivity index (χ0n) is 12.2. The molecule has 124 valence electrons. The maximum atomic E-state index is 12.7. The molecule has 1 fully saturated rings. The fourth-order valence-electron chi connectivity index (χ4n) is 2.66. The second-order valence-electron chi connectivity index (χ2n) is 5.41. The Kier molecular flexibility index (Phi) is 5.55. The van der Waals surface area contributed by atoms with Gasteiger partial charge in [-0.3, -0.25) is 0 Å². The summed E-state index contributed by atoms with van der Waals surface area (Å²) in [6.07, 6.45) is 1.61. The van der Waals surface area contributed by atoms with Crippen LogP contribution in [0.15, 0.2) is 23.1 Å². The van der Waals surface area contributed by atoms with Crippen molar-refractivity contribution in [2.24, 2.45) is 11.7 Å². The molecule has 1 saturated heterocycles. The van der Waals surface area contributed by atoms with Gasteiger partial charge >= 0.3 is 0 Å². The molecule has 0 amide bonds. The molecule has 0 bridgehead atoms. The summed E-state index contributed by atoms with van der Waals surface area (Å²) in [5.74, 6) is 1.36. The number of nitrogens with two attached hydrogens (primary N) is 1. The number of rotatable bonds is 3. The Morgan fingerprint density at radius 2 is 1.95 bits per heavy atom. The summed E-state index contributed by atoms with van der Waals surface area (Å²) in [5.41, 5.74) is 5.63. The molecular formula is C14H21ClN2O4S. The van der Waals surface area contributed by atoms with Crippen LogP contribution in [-0.4, -0.2) is 45.6 Å². The summed E-state index contributed by atoms with van der Waals surface area (Å²) in [5, 5.41) is 0. The van der Waals surface area contributed by atoms with E-state index in [1.807, 2.05) is 0 Å². The molecule has 0 aromatic heterocycles. The first-order valence-electron chi connectivity index (χ1n) is 7.21. The van der Waals surface area contributed by atoms with E-state index in [0.717, 1.165) is 12.8 Å². The lowest BCUT2D eigenvalue weighted by atomic mass is 10.1. The monoisotopic (exact) mass is 348 g/mol. The van der Waals surface area contributed by atoms with Crippen molar-refractivity contribution in [3.8, 4) is 11.5 Å². The standard InChI is InChI=1S/C14H20N2O4S.ClH/c15-9-11-4-5-16(10-11)21(17,18)12-2-3-13-14(8-12)20-7-1-6-19-13;/h2-3,8,11H,1,4-7,9-10,15H2;1H. The first-order chi connectivity index (χ1) is 10.1. The Labute approximate surface area is 137 Å². The zero-order valence-corrected chi connectivity index (χ0v) is 13.9. The molecule has 2 N–H and O–H groups in total. The van der Waals surface area contributed by atoms with Crippen LogP contribution in [0.2, 0.25) is 0 Å². The lowest BCUT2D eigenvalue weighted by Crippen LogP contribution is -2.30. The first kappa shape index (κ1) is 17.3. The molecule has 1 unspecified atom stereocenters. The van der Waals surface area contributed by atoms with E-state index in [1.165, 1.54) is 4.31 Å². The third kappa shape index (κ3) is 3.32. The third-order valence-electron chi connectivity index (χ3n) is 3.94. The van der Waals surface area contributed by atoms with Crippen molar-refractivity contribution in [3.63, 3.8) is 0 Å². The van der Waals surface area contributed by atoms with E-state index in [4.69, 9.17) is 15.2 Å². The molecule has 0 aliphatic carbocycles. The van der Waals surface area contributed by atoms with Gasteiger partial charge in [0, 0.05) is 25.6 Å². The van der Waals surface area contributed by atoms with Gasteiger partial charge in [0.25, 0.3) is 0 Å². The second-order valence-corrected chi connectivity index (χ2v) is 7.35. The SMILES string of the molecule is Cl.NCC1CCN(S(=O)(=O)c2ccc3c(c2)OCCCO3)C1. The zero-order chi connectivity index (χ0) is 14.9. The maximum absolute atomic E-state index is 12.7. The molecule has 6 nitrogen and oxygen atoms in total. The summed E-state index contributed by atoms with van der Waals surface area (Å²) in [7, 11) is -3.48. The highest BCUT2D eigenvalue weighted by Crippen LogP contribution is 2.33. The summed E-state index contributed by atoms with van der Waals surface area (Å²) in [6, 6.07) is 4.81. The van der Waals surface area contributed by atoms with Crippen molar-refractivity contribution >= 4 is 22.4 Å². The lowest BCUT2D eigenvalue weighted by Gasteiger charge is -2.17. The minimum absolute atomic E-state index is 0. The van der Waals surface area contributed by atoms with Crippen molar-refractivity contribution in [2.75, 3.05) is 32.8 Å². The predicted octanol–water partition coefficient (Wildman–Crippen LogP) is 1.24. The molecule has 0 spiro atoms. The fraction of sp³-hybridized carbons (Fsp3) is 0.571. The van der Waals surface area contributed by atoms with E-state index in [-0.39, 0.29) is 23.2 Å². The number of fused-ring (bicyclic) bond motifs is 1. The average molecular weight is 349 g/mol. The van der Waals surface area contributed by atoms with Gasteiger partial charge in [-0.1, -0.05) is 0 Å². The molecule has 3 rings (SSSR count). The lowest BCUT2D eigenvalue weighted by molar-refractivity contribution is 0.297. The quantitative estimate of drug-likeness (QED) is 0.888. The topological polar surface area (TPSA) is 81.9 Å². The molecule has 0 saturated carbocycles. The largest absolute Gasteiger partial charge is 0.490 e. The molecule has 2 aliphatic rings. The van der Waals surface area contributed by atoms with Crippen molar-refractivity contribution in [2.45, 2.75) is 17.7 Å². The predicted molar refractivity (Wildman–Crippen MR) is 85.2 cm³/mol. The minimum atomic E-state index is -3.48. The number of hydrogen-bond acceptors (Lipinski definition) is 5. The van der Waals surface area contributed by atoms with Crippen LogP contribution in [0.25, 0.3) is 0 Å². The summed E-state index contributed by atoms with van der Waals surface area (Å²) in [4.78, 5) is 0.254. The molecule has 1 atom stereocenters. The maximum Gasteiger partial charge on any atom is 0.243 e. The van der Waals surface area contributed by atoms with Gasteiger partial charge < -0.3 is 15.2 Å². The van der Waals surface area contributed by atoms with Gasteiger partial charge in [0.15, 0.2) is 11.5 Å². The van der Waals surface area contributed by atoms with E-state index in [2.05, 4.69) is 0 Å². The second kappa shape index (κ2) is 7.04. The van der Waals surface area contributed by atoms with E-state index < -0.39 is 10.0 Å². The van der Waals surface area contributed by atoms with Crippen LogP contribution in [0, 0.1) is 5.92 Å². The molecule has 8 heteroatoms. The van der Waals surface area contributed by atoms with E-state index in [0.29, 0.717) is 44.3 Å². The highest BCUT2D eigenvalue weighted by atomic mass is 35.5. The minimum Gasteiger partial charge on any atom is -0.490 e. The summed E-state index contributed by atoms with van der Waals surface area (Å²) < 4.78 is 37.9. The van der Waals surface area contributed by atoms with Gasteiger partial charge in [0.05, 0.1) is 18.1 Å². The molecule has 0 radical (unpaired) electrons. The van der Waals surface area contributed by atoms with Crippen LogP contribution >= 0.6 is 12.4 Å². The Balaban J connectivity index is 0.00000176. The van der Waals surface area contributed by atoms with E-state index >= 15 is 0 Å². The van der Waals surface area contributed by atoms with Crippen LogP contribution in [-0.2, 0) is 10.0 Å². The highest BCUT2D eigenvalue weighted by molar-refractivity contribution is 7.89. The number of ether oxygens (including phenoxy) is 2. The fourth-order valence-corrected chi connectivity index (χ4v) is 4.21. The van der Waals surface area contributed by atoms with Crippen LogP contribution < -0.4 is 15.2 Å². The van der Waals surface area contributed by atoms with Gasteiger partial charge in [-0.2, -0.15) is 4.31 Å². The Morgan fingerprint density at radius 1 is 1.23 bits per heavy atom. The van der Waals surface area contributed by atoms with Crippen LogP contribution in [0.3, 0.4) is 0 Å². The number of benzene rings is 1. The number of sulfonamides is 1. The first-order valence-corrected chi connectivity index (χ1v) is 8.65. The van der Waals surface area contributed by atoms with Crippen LogP contribution in [0.1, 0.15) is 12.8 Å². The number of nitrogens with zero attached hydrogens (tertiary/aromatic N) is 1. The van der Waals surface area contributed by atoms with Crippen LogP contribution in [0.4, 0.5) is 0 Å². The molecule has 2 heterocycles. The van der Waals surface area contributed by atoms with Crippen molar-refractivity contribution in [1.29, 1.82) is 0 Å². The third-order valence-corrected chi connectivity index (χ3v) is 5.80. The summed E-state index contributed by atoms with van der Waals surface area (Å²) >= 11 is 0. The molecular weight excluding hydrogens is 328 g/mol. The number of hydrogen-bond donors (Lipinski definition) is 1. The Morgan fingerprint density at radius 3 is 2.64 bits per heavy atom. The Hall–Kier alpha value is -1.02. The van der Waals surface area contributed by atoms with Crippen molar-refractivity contribution < 1.29 is 17.9 Å². The van der Waals surface area contributed by atoms with Gasteiger partial charge in [0.1, 0.15) is 0 Å². The van der Waals surface area contributed by atoms with E-state index in [1.54, 1.807) is 18.2 Å². The highest BCUT2D eigenvalue weighted by Gasteiger charge is 2.32.